The molecule has 5 aliphatic carbocycles. The lowest BCUT2D eigenvalue weighted by atomic mass is 9.41. The first-order chi connectivity index (χ1) is 24.5. The van der Waals surface area contributed by atoms with Gasteiger partial charge in [-0.1, -0.05) is 34.6 Å². The number of hydrogen-bond acceptors (Lipinski definition) is 7. The zero-order valence-electron chi connectivity index (χ0n) is 31.8. The largest absolute Gasteiger partial charge is 0.390 e. The van der Waals surface area contributed by atoms with Crippen LogP contribution in [0.5, 0.6) is 0 Å². The fourth-order valence-electron chi connectivity index (χ4n) is 14.3. The van der Waals surface area contributed by atoms with Crippen molar-refractivity contribution in [1.29, 1.82) is 0 Å². The Labute approximate surface area is 307 Å². The van der Waals surface area contributed by atoms with Crippen LogP contribution in [0.2, 0.25) is 0 Å². The minimum Gasteiger partial charge on any atom is -0.390 e. The number of carbonyl (C=O) groups excluding carboxylic acids is 2. The molecule has 13 atom stereocenters. The highest BCUT2D eigenvalue weighted by molar-refractivity contribution is 5.76. The summed E-state index contributed by atoms with van der Waals surface area (Å²) in [5.74, 6) is -0.721. The van der Waals surface area contributed by atoms with Gasteiger partial charge < -0.3 is 30.0 Å². The van der Waals surface area contributed by atoms with Gasteiger partial charge in [-0.15, -0.1) is 0 Å². The number of benzene rings is 1. The van der Waals surface area contributed by atoms with E-state index in [4.69, 9.17) is 19.9 Å². The van der Waals surface area contributed by atoms with E-state index in [-0.39, 0.29) is 76.2 Å². The van der Waals surface area contributed by atoms with Crippen LogP contribution in [0.3, 0.4) is 0 Å². The molecule has 2 amide bonds. The van der Waals surface area contributed by atoms with Crippen molar-refractivity contribution >= 4 is 11.8 Å². The van der Waals surface area contributed by atoms with E-state index in [1.54, 1.807) is 4.90 Å². The van der Waals surface area contributed by atoms with Crippen LogP contribution in [-0.4, -0.2) is 83.8 Å². The van der Waals surface area contributed by atoms with Gasteiger partial charge in [0.15, 0.2) is 6.29 Å². The van der Waals surface area contributed by atoms with Crippen LogP contribution in [0.25, 0.3) is 0 Å². The summed E-state index contributed by atoms with van der Waals surface area (Å²) in [5, 5.41) is 12.6. The van der Waals surface area contributed by atoms with Gasteiger partial charge in [0.1, 0.15) is 17.9 Å². The van der Waals surface area contributed by atoms with Crippen molar-refractivity contribution in [3.8, 4) is 0 Å². The fourth-order valence-corrected chi connectivity index (χ4v) is 14.3. The minimum absolute atomic E-state index is 0.0397. The number of primary amides is 1. The SMILES string of the molecule is CC(=O)N(Cc1cc(F)cc(F)c1)C1C[C@@H](C)[C@H]2C(O1)[C@H](O)[C@@]1(C)C3CC[C@H]4C(C)(C)C(O[C@H]5CN(CC(N)=O)CCO5)CC[C@@]45C[C@@]35CC[C@]21C. The third kappa shape index (κ3) is 5.21. The maximum absolute atomic E-state index is 14.1. The number of aliphatic hydroxyl groups is 1. The monoisotopic (exact) mass is 727 g/mol. The van der Waals surface area contributed by atoms with Crippen LogP contribution < -0.4 is 5.73 Å². The van der Waals surface area contributed by atoms with E-state index in [1.165, 1.54) is 25.5 Å². The first-order valence-corrected chi connectivity index (χ1v) is 19.8. The Balaban J connectivity index is 1.02. The Morgan fingerprint density at radius 1 is 1.04 bits per heavy atom. The predicted octanol–water partition coefficient (Wildman–Crippen LogP) is 5.61. The molecule has 0 radical (unpaired) electrons. The lowest BCUT2D eigenvalue weighted by molar-refractivity contribution is -0.248. The van der Waals surface area contributed by atoms with Crippen LogP contribution in [0.15, 0.2) is 18.2 Å². The zero-order chi connectivity index (χ0) is 37.2. The van der Waals surface area contributed by atoms with Crippen LogP contribution in [0.4, 0.5) is 8.78 Å². The number of rotatable bonds is 7. The molecule has 8 rings (SSSR count). The number of ether oxygens (including phenoxy) is 3. The number of aliphatic hydroxyl groups excluding tert-OH is 1. The average molecular weight is 728 g/mol. The molecule has 2 heterocycles. The molecule has 0 bridgehead atoms. The first kappa shape index (κ1) is 36.8. The zero-order valence-corrected chi connectivity index (χ0v) is 31.8. The van der Waals surface area contributed by atoms with Crippen LogP contribution in [0.1, 0.15) is 98.5 Å². The highest BCUT2D eigenvalue weighted by Gasteiger charge is 2.84. The number of amides is 2. The lowest BCUT2D eigenvalue weighted by Crippen LogP contribution is -2.60. The predicted molar refractivity (Wildman–Crippen MR) is 189 cm³/mol. The Morgan fingerprint density at radius 2 is 1.73 bits per heavy atom. The van der Waals surface area contributed by atoms with Crippen molar-refractivity contribution in [2.75, 3.05) is 26.2 Å². The molecule has 0 aromatic heterocycles. The highest BCUT2D eigenvalue weighted by atomic mass is 19.1. The van der Waals surface area contributed by atoms with Crippen LogP contribution in [0, 0.1) is 62.4 Å². The van der Waals surface area contributed by atoms with Gasteiger partial charge in [0.05, 0.1) is 38.0 Å². The number of nitrogens with zero attached hydrogens (tertiary/aromatic N) is 2. The molecule has 1 aromatic carbocycles. The minimum atomic E-state index is -0.691. The molecule has 3 N–H and O–H groups in total. The van der Waals surface area contributed by atoms with E-state index in [9.17, 15) is 23.5 Å². The third-order valence-corrected chi connectivity index (χ3v) is 16.6. The second kappa shape index (κ2) is 12.4. The van der Waals surface area contributed by atoms with Crippen molar-refractivity contribution in [2.45, 2.75) is 130 Å². The van der Waals surface area contributed by atoms with E-state index in [1.807, 2.05) is 4.90 Å². The molecule has 288 valence electrons. The van der Waals surface area contributed by atoms with Crippen molar-refractivity contribution < 1.29 is 37.7 Å². The summed E-state index contributed by atoms with van der Waals surface area (Å²) < 4.78 is 47.9. The second-order valence-corrected chi connectivity index (χ2v) is 19.0. The Bertz CT molecular complexity index is 1590. The summed E-state index contributed by atoms with van der Waals surface area (Å²) in [6.45, 7) is 15.3. The standard InChI is InChI=1S/C41H59F2N3O6/c1-23-15-32(46(24(2)47)19-25-16-26(42)18-27(43)17-25)52-35-34(23)38(5)11-12-41-22-40(41)10-9-30(51-33-21-45(13-14-50-33)20-31(44)48)37(3,4)28(40)7-8-29(41)39(38,6)36(35)49/h16-18,23,28-30,32-36,49H,7-15,19-22H2,1-6H3,(H2,44,48)/t23-,28+,29?,30?,32?,33+,34+,35?,36+,38-,39-,40-,41+/m1/s1. The van der Waals surface area contributed by atoms with Gasteiger partial charge >= 0.3 is 0 Å². The summed E-state index contributed by atoms with van der Waals surface area (Å²) in [7, 11) is 0. The van der Waals surface area contributed by atoms with Gasteiger partial charge in [-0.3, -0.25) is 14.5 Å². The van der Waals surface area contributed by atoms with Gasteiger partial charge in [-0.05, 0) is 114 Å². The molecule has 1 aromatic rings. The van der Waals surface area contributed by atoms with E-state index in [2.05, 4.69) is 34.6 Å². The van der Waals surface area contributed by atoms with Crippen molar-refractivity contribution in [1.82, 2.24) is 9.80 Å². The third-order valence-electron chi connectivity index (χ3n) is 16.6. The van der Waals surface area contributed by atoms with E-state index < -0.39 is 30.1 Å². The maximum atomic E-state index is 14.1. The average Bonchev–Trinajstić information content (AvgIpc) is 3.69. The molecule has 2 aliphatic heterocycles. The Morgan fingerprint density at radius 3 is 2.42 bits per heavy atom. The summed E-state index contributed by atoms with van der Waals surface area (Å²) in [4.78, 5) is 28.2. The number of fused-ring (bicyclic) bond motifs is 4. The lowest BCUT2D eigenvalue weighted by Gasteiger charge is -2.64. The molecule has 2 spiro atoms. The first-order valence-electron chi connectivity index (χ1n) is 19.8. The number of morpholine rings is 1. The topological polar surface area (TPSA) is 115 Å². The van der Waals surface area contributed by atoms with E-state index in [0.29, 0.717) is 43.5 Å². The quantitative estimate of drug-likeness (QED) is 0.375. The number of carbonyl (C=O) groups is 2. The van der Waals surface area contributed by atoms with Crippen LogP contribution in [-0.2, 0) is 30.3 Å². The molecule has 11 heteroatoms. The van der Waals surface area contributed by atoms with E-state index in [0.717, 1.165) is 44.6 Å². The number of nitrogens with two attached hydrogens (primary N) is 1. The molecule has 52 heavy (non-hydrogen) atoms. The fraction of sp³-hybridized carbons (Fsp3) is 0.805. The Kier molecular flexibility index (Phi) is 8.78. The van der Waals surface area contributed by atoms with E-state index >= 15 is 0 Å². The maximum Gasteiger partial charge on any atom is 0.231 e. The summed E-state index contributed by atoms with van der Waals surface area (Å²) in [6, 6.07) is 3.37. The summed E-state index contributed by atoms with van der Waals surface area (Å²) in [5.41, 5.74) is 5.71. The molecule has 9 nitrogen and oxygen atoms in total. The van der Waals surface area contributed by atoms with Gasteiger partial charge in [0, 0.05) is 31.5 Å². The summed E-state index contributed by atoms with van der Waals surface area (Å²) in [6.07, 6.45) is 6.20. The highest BCUT2D eigenvalue weighted by Crippen LogP contribution is 2.89. The van der Waals surface area contributed by atoms with Crippen LogP contribution >= 0.6 is 0 Å². The molecular weight excluding hydrogens is 668 g/mol. The van der Waals surface area contributed by atoms with Crippen molar-refractivity contribution in [2.24, 2.45) is 56.5 Å². The van der Waals surface area contributed by atoms with Gasteiger partial charge in [-0.25, -0.2) is 8.78 Å². The van der Waals surface area contributed by atoms with Gasteiger partial charge in [-0.2, -0.15) is 0 Å². The Hall–Kier alpha value is -2.18. The normalized spacial score (nSPS) is 46.2. The number of hydrogen-bond donors (Lipinski definition) is 2. The van der Waals surface area contributed by atoms with Crippen molar-refractivity contribution in [3.05, 3.63) is 35.4 Å². The molecule has 7 aliphatic rings. The molecule has 5 saturated carbocycles. The smallest absolute Gasteiger partial charge is 0.231 e. The van der Waals surface area contributed by atoms with Crippen molar-refractivity contribution in [3.63, 3.8) is 0 Å². The molecular formula is C41H59F2N3O6. The molecule has 7 fully saturated rings. The number of halogens is 2. The molecule has 2 saturated heterocycles. The summed E-state index contributed by atoms with van der Waals surface area (Å²) >= 11 is 0. The van der Waals surface area contributed by atoms with Gasteiger partial charge in [0.25, 0.3) is 0 Å². The molecule has 4 unspecified atom stereocenters. The van der Waals surface area contributed by atoms with Gasteiger partial charge in [0.2, 0.25) is 11.8 Å². The second-order valence-electron chi connectivity index (χ2n) is 19.0.